The van der Waals surface area contributed by atoms with Crippen LogP contribution in [-0.2, 0) is 19.6 Å². The lowest BCUT2D eigenvalue weighted by atomic mass is 10.1. The molecule has 3 aromatic rings. The first-order valence-corrected chi connectivity index (χ1v) is 11.6. The molecule has 0 bridgehead atoms. The molecule has 0 saturated carbocycles. The average molecular weight is 439 g/mol. The molecule has 1 aromatic heterocycles. The van der Waals surface area contributed by atoms with Crippen LogP contribution >= 0.6 is 11.3 Å². The predicted octanol–water partition coefficient (Wildman–Crippen LogP) is 6.17. The zero-order valence-corrected chi connectivity index (χ0v) is 19.3. The lowest BCUT2D eigenvalue weighted by molar-refractivity contribution is 0.0951. The van der Waals surface area contributed by atoms with Crippen LogP contribution in [0.15, 0.2) is 60.7 Å². The fourth-order valence-corrected chi connectivity index (χ4v) is 4.28. The van der Waals surface area contributed by atoms with Crippen LogP contribution in [0.3, 0.4) is 0 Å². The van der Waals surface area contributed by atoms with Gasteiger partial charge in [0.1, 0.15) is 5.82 Å². The largest absolute Gasteiger partial charge is 0.348 e. The monoisotopic (exact) mass is 438 g/mol. The van der Waals surface area contributed by atoms with E-state index in [4.69, 9.17) is 0 Å². The van der Waals surface area contributed by atoms with Gasteiger partial charge in [-0.3, -0.25) is 9.69 Å². The van der Waals surface area contributed by atoms with Gasteiger partial charge < -0.3 is 5.32 Å². The molecular formula is C26H31FN2OS. The van der Waals surface area contributed by atoms with E-state index in [1.807, 2.05) is 35.6 Å². The number of carbonyl (C=O) groups excluding carboxylic acids is 1. The third-order valence-electron chi connectivity index (χ3n) is 5.19. The number of hydrogen-bond acceptors (Lipinski definition) is 3. The number of nitrogens with one attached hydrogen (secondary N) is 1. The molecule has 0 unspecified atom stereocenters. The Balaban J connectivity index is 1.58. The fourth-order valence-electron chi connectivity index (χ4n) is 3.35. The molecule has 0 aliphatic rings. The van der Waals surface area contributed by atoms with Gasteiger partial charge in [0.05, 0.1) is 0 Å². The SMILES string of the molecule is Cc1ccc(CN(CCC(C)C)Cc2ccc(C(=O)NCc3ccc(F)cc3)cc2)s1. The molecule has 5 heteroatoms. The smallest absolute Gasteiger partial charge is 0.251 e. The average Bonchev–Trinajstić information content (AvgIpc) is 3.16. The van der Waals surface area contributed by atoms with Crippen LogP contribution in [0, 0.1) is 18.7 Å². The van der Waals surface area contributed by atoms with Crippen LogP contribution in [0.25, 0.3) is 0 Å². The number of thiophene rings is 1. The lowest BCUT2D eigenvalue weighted by Gasteiger charge is -2.23. The first-order chi connectivity index (χ1) is 14.9. The number of nitrogens with zero attached hydrogens (tertiary/aromatic N) is 1. The standard InChI is InChI=1S/C26H31FN2OS/c1-19(2)14-15-29(18-25-13-4-20(3)31-25)17-22-5-9-23(10-6-22)26(30)28-16-21-7-11-24(27)12-8-21/h4-13,19H,14-18H2,1-3H3,(H,28,30). The summed E-state index contributed by atoms with van der Waals surface area (Å²) in [7, 11) is 0. The molecule has 0 saturated heterocycles. The maximum atomic E-state index is 13.0. The molecule has 0 aliphatic heterocycles. The zero-order chi connectivity index (χ0) is 22.2. The molecule has 0 spiro atoms. The topological polar surface area (TPSA) is 32.3 Å². The second-order valence-electron chi connectivity index (χ2n) is 8.41. The Morgan fingerprint density at radius 2 is 1.65 bits per heavy atom. The van der Waals surface area contributed by atoms with E-state index in [0.717, 1.165) is 31.6 Å². The molecule has 1 heterocycles. The highest BCUT2D eigenvalue weighted by atomic mass is 32.1. The lowest BCUT2D eigenvalue weighted by Crippen LogP contribution is -2.25. The van der Waals surface area contributed by atoms with Crippen LogP contribution in [0.2, 0.25) is 0 Å². The Labute approximate surface area is 188 Å². The van der Waals surface area contributed by atoms with Gasteiger partial charge in [0.15, 0.2) is 0 Å². The van der Waals surface area contributed by atoms with Gasteiger partial charge >= 0.3 is 0 Å². The normalized spacial score (nSPS) is 11.3. The minimum Gasteiger partial charge on any atom is -0.348 e. The molecule has 1 N–H and O–H groups in total. The van der Waals surface area contributed by atoms with Crippen LogP contribution in [0.4, 0.5) is 4.39 Å². The highest BCUT2D eigenvalue weighted by molar-refractivity contribution is 7.11. The maximum absolute atomic E-state index is 13.0. The summed E-state index contributed by atoms with van der Waals surface area (Å²) in [6.45, 7) is 9.90. The Bertz CT molecular complexity index is 964. The summed E-state index contributed by atoms with van der Waals surface area (Å²) in [5.41, 5.74) is 2.71. The van der Waals surface area contributed by atoms with Crippen molar-refractivity contribution in [2.45, 2.75) is 46.8 Å². The molecule has 31 heavy (non-hydrogen) atoms. The minimum atomic E-state index is -0.276. The number of hydrogen-bond donors (Lipinski definition) is 1. The molecule has 1 amide bonds. The third kappa shape index (κ3) is 7.60. The molecule has 0 radical (unpaired) electrons. The predicted molar refractivity (Wildman–Crippen MR) is 127 cm³/mol. The highest BCUT2D eigenvalue weighted by Crippen LogP contribution is 2.19. The number of halogens is 1. The van der Waals surface area contributed by atoms with Gasteiger partial charge in [-0.25, -0.2) is 4.39 Å². The fraction of sp³-hybridized carbons (Fsp3) is 0.346. The van der Waals surface area contributed by atoms with E-state index < -0.39 is 0 Å². The van der Waals surface area contributed by atoms with E-state index in [9.17, 15) is 9.18 Å². The third-order valence-corrected chi connectivity index (χ3v) is 6.17. The first-order valence-electron chi connectivity index (χ1n) is 10.8. The quantitative estimate of drug-likeness (QED) is 0.410. The van der Waals surface area contributed by atoms with Gasteiger partial charge in [0.25, 0.3) is 5.91 Å². The van der Waals surface area contributed by atoms with Crippen LogP contribution in [0.1, 0.15) is 51.5 Å². The van der Waals surface area contributed by atoms with Crippen molar-refractivity contribution in [1.29, 1.82) is 0 Å². The summed E-state index contributed by atoms with van der Waals surface area (Å²) in [4.78, 5) is 17.7. The molecule has 0 atom stereocenters. The summed E-state index contributed by atoms with van der Waals surface area (Å²) >= 11 is 1.86. The molecule has 0 aliphatic carbocycles. The minimum absolute atomic E-state index is 0.124. The van der Waals surface area contributed by atoms with Crippen molar-refractivity contribution in [1.82, 2.24) is 10.2 Å². The van der Waals surface area contributed by atoms with E-state index in [0.29, 0.717) is 18.0 Å². The maximum Gasteiger partial charge on any atom is 0.251 e. The van der Waals surface area contributed by atoms with E-state index >= 15 is 0 Å². The summed E-state index contributed by atoms with van der Waals surface area (Å²) in [5, 5.41) is 2.89. The van der Waals surface area contributed by atoms with Crippen molar-refractivity contribution in [2.75, 3.05) is 6.54 Å². The van der Waals surface area contributed by atoms with Gasteiger partial charge in [-0.05, 0) is 73.3 Å². The van der Waals surface area contributed by atoms with Crippen LogP contribution < -0.4 is 5.32 Å². The number of benzene rings is 2. The summed E-state index contributed by atoms with van der Waals surface area (Å²) in [6, 6.07) is 18.4. The van der Waals surface area contributed by atoms with Gasteiger partial charge in [0.2, 0.25) is 0 Å². The van der Waals surface area contributed by atoms with Gasteiger partial charge in [-0.2, -0.15) is 0 Å². The van der Waals surface area contributed by atoms with Crippen molar-refractivity contribution < 1.29 is 9.18 Å². The summed E-state index contributed by atoms with van der Waals surface area (Å²) < 4.78 is 13.0. The van der Waals surface area contributed by atoms with Crippen molar-refractivity contribution >= 4 is 17.2 Å². The number of amides is 1. The summed E-state index contributed by atoms with van der Waals surface area (Å²) in [6.07, 6.45) is 1.16. The Morgan fingerprint density at radius 3 is 2.26 bits per heavy atom. The summed E-state index contributed by atoms with van der Waals surface area (Å²) in [5.74, 6) is 0.267. The van der Waals surface area contributed by atoms with Gasteiger partial charge in [-0.1, -0.05) is 38.1 Å². The van der Waals surface area contributed by atoms with E-state index in [1.54, 1.807) is 12.1 Å². The van der Waals surface area contributed by atoms with Crippen LogP contribution in [-0.4, -0.2) is 17.4 Å². The Morgan fingerprint density at radius 1 is 0.968 bits per heavy atom. The van der Waals surface area contributed by atoms with Crippen LogP contribution in [0.5, 0.6) is 0 Å². The first kappa shape index (κ1) is 23.2. The van der Waals surface area contributed by atoms with E-state index in [2.05, 4.69) is 43.1 Å². The number of rotatable bonds is 10. The molecule has 0 fully saturated rings. The van der Waals surface area contributed by atoms with Crippen molar-refractivity contribution in [3.63, 3.8) is 0 Å². The zero-order valence-electron chi connectivity index (χ0n) is 18.5. The molecule has 2 aromatic carbocycles. The second kappa shape index (κ2) is 11.2. The molecule has 3 nitrogen and oxygen atoms in total. The van der Waals surface area contributed by atoms with E-state index in [-0.39, 0.29) is 11.7 Å². The molecule has 3 rings (SSSR count). The van der Waals surface area contributed by atoms with E-state index in [1.165, 1.54) is 27.5 Å². The molecule has 164 valence electrons. The van der Waals surface area contributed by atoms with Crippen molar-refractivity contribution in [2.24, 2.45) is 5.92 Å². The number of carbonyl (C=O) groups is 1. The Hall–Kier alpha value is -2.50. The second-order valence-corrected chi connectivity index (χ2v) is 9.78. The van der Waals surface area contributed by atoms with Crippen molar-refractivity contribution in [3.8, 4) is 0 Å². The van der Waals surface area contributed by atoms with Crippen molar-refractivity contribution in [3.05, 3.63) is 92.9 Å². The Kier molecular flexibility index (Phi) is 8.38. The van der Waals surface area contributed by atoms with Gasteiger partial charge in [-0.15, -0.1) is 11.3 Å². The highest BCUT2D eigenvalue weighted by Gasteiger charge is 2.11. The van der Waals surface area contributed by atoms with Gasteiger partial charge in [0, 0.05) is 35.0 Å². The number of aryl methyl sites for hydroxylation is 1. The molecular weight excluding hydrogens is 407 g/mol.